The summed E-state index contributed by atoms with van der Waals surface area (Å²) in [5.41, 5.74) is 0.183. The zero-order valence-corrected chi connectivity index (χ0v) is 24.6. The molecule has 3 rings (SSSR count). The Labute approximate surface area is 242 Å². The fourth-order valence-electron chi connectivity index (χ4n) is 3.51. The molecule has 10 nitrogen and oxygen atoms in total. The number of nitrogens with zero attached hydrogens (tertiary/aromatic N) is 2. The predicted molar refractivity (Wildman–Crippen MR) is 144 cm³/mol. The minimum absolute atomic E-state index is 0.00787. The molecule has 1 aliphatic heterocycles. The van der Waals surface area contributed by atoms with Crippen molar-refractivity contribution in [1.82, 2.24) is 15.4 Å². The summed E-state index contributed by atoms with van der Waals surface area (Å²) < 4.78 is 68.3. The lowest BCUT2D eigenvalue weighted by atomic mass is 9.94. The van der Waals surface area contributed by atoms with Crippen LogP contribution in [0, 0.1) is 29.2 Å². The molecule has 2 atom stereocenters. The number of nitrogens with one attached hydrogen (secondary N) is 1. The highest BCUT2D eigenvalue weighted by molar-refractivity contribution is 5.92. The molecule has 2 heterocycles. The molecule has 0 aliphatic carbocycles. The molecule has 1 aromatic heterocycles. The van der Waals surface area contributed by atoms with E-state index in [4.69, 9.17) is 9.47 Å². The Kier molecular flexibility index (Phi) is 15.2. The third kappa shape index (κ3) is 11.0. The molecule has 1 aliphatic rings. The summed E-state index contributed by atoms with van der Waals surface area (Å²) in [5, 5.41) is 16.3. The fraction of sp³-hybridized carbons (Fsp3) is 0.571. The number of hydrogen-bond donors (Lipinski definition) is 2. The van der Waals surface area contributed by atoms with Gasteiger partial charge >= 0.3 is 0 Å². The smallest absolute Gasteiger partial charge is 0.276 e. The first-order valence-corrected chi connectivity index (χ1v) is 13.4. The number of aliphatic hydroxyl groups excluding tert-OH is 1. The number of methoxy groups -OCH3 is 1. The van der Waals surface area contributed by atoms with E-state index in [0.717, 1.165) is 0 Å². The van der Waals surface area contributed by atoms with Gasteiger partial charge in [0.2, 0.25) is 17.5 Å². The molecule has 0 saturated carbocycles. The van der Waals surface area contributed by atoms with Crippen LogP contribution in [0.1, 0.15) is 64.4 Å². The van der Waals surface area contributed by atoms with Gasteiger partial charge in [-0.25, -0.2) is 8.78 Å². The average molecular weight is 606 g/mol. The highest BCUT2D eigenvalue weighted by Crippen LogP contribution is 2.27. The molecule has 236 valence electrons. The maximum atomic E-state index is 13.7. The lowest BCUT2D eigenvalue weighted by molar-refractivity contribution is -0.128. The number of aliphatic hydroxyl groups is 1. The van der Waals surface area contributed by atoms with Crippen molar-refractivity contribution < 1.29 is 51.0 Å². The average Bonchev–Trinajstić information content (AvgIpc) is 3.51. The van der Waals surface area contributed by atoms with Crippen LogP contribution in [0.2, 0.25) is 0 Å². The Morgan fingerprint density at radius 1 is 1.17 bits per heavy atom. The topological polar surface area (TPSA) is 131 Å². The number of piperidine rings is 1. The van der Waals surface area contributed by atoms with Crippen molar-refractivity contribution in [2.45, 2.75) is 71.6 Å². The molecule has 42 heavy (non-hydrogen) atoms. The number of ether oxygens (including phenoxy) is 2. The highest BCUT2D eigenvalue weighted by Gasteiger charge is 2.31. The number of aldehydes is 1. The second-order valence-corrected chi connectivity index (χ2v) is 9.96. The van der Waals surface area contributed by atoms with E-state index in [-0.39, 0.29) is 42.8 Å². The Balaban J connectivity index is 0.000000979. The third-order valence-electron chi connectivity index (χ3n) is 6.03. The van der Waals surface area contributed by atoms with Crippen LogP contribution in [0.4, 0.5) is 17.6 Å². The molecule has 0 bridgehead atoms. The van der Waals surface area contributed by atoms with Crippen molar-refractivity contribution in [3.8, 4) is 5.75 Å². The van der Waals surface area contributed by atoms with Crippen LogP contribution in [-0.2, 0) is 14.3 Å². The number of benzene rings is 1. The van der Waals surface area contributed by atoms with E-state index in [2.05, 4.69) is 15.0 Å². The van der Waals surface area contributed by atoms with Crippen molar-refractivity contribution >= 4 is 18.1 Å². The number of likely N-dealkylation sites (tertiary alicyclic amines) is 1. The molecule has 0 radical (unpaired) electrons. The summed E-state index contributed by atoms with van der Waals surface area (Å²) in [4.78, 5) is 37.4. The second kappa shape index (κ2) is 17.4. The number of rotatable bonds is 9. The first kappa shape index (κ1) is 36.5. The van der Waals surface area contributed by atoms with Crippen LogP contribution < -0.4 is 10.1 Å². The van der Waals surface area contributed by atoms with Gasteiger partial charge < -0.3 is 34.1 Å². The summed E-state index contributed by atoms with van der Waals surface area (Å²) in [6.07, 6.45) is 0.291. The van der Waals surface area contributed by atoms with Crippen molar-refractivity contribution in [3.63, 3.8) is 0 Å². The third-order valence-corrected chi connectivity index (χ3v) is 6.03. The van der Waals surface area contributed by atoms with E-state index < -0.39 is 59.6 Å². The summed E-state index contributed by atoms with van der Waals surface area (Å²) in [6, 6.07) is 0.239. The lowest BCUT2D eigenvalue weighted by Crippen LogP contribution is -2.50. The quantitative estimate of drug-likeness (QED) is 0.249. The number of amides is 2. The number of carbonyl (C=O) groups excluding carboxylic acids is 3. The second-order valence-electron chi connectivity index (χ2n) is 9.96. The van der Waals surface area contributed by atoms with Gasteiger partial charge in [-0.15, -0.1) is 0 Å². The molecular formula is C28H39F4N3O7. The standard InChI is InChI=1S/C21H21F4N3O6.C5H12O.C2H6/c22-12-9-13(23)18(25)19(17(12)24)33-10-16(30)14(3-7-29)26-20(31)11-1-5-28(6-2-11)21(32)15-4-8-34-27-15;1-5(2,3)6-4;1-2/h4,7-9,11,14,16,30H,1-3,5-6,10H2,(H,26,31);1-4H3;1-2H3. The molecule has 2 aromatic rings. The first-order chi connectivity index (χ1) is 19.8. The Bertz CT molecular complexity index is 1110. The van der Waals surface area contributed by atoms with Gasteiger partial charge in [-0.3, -0.25) is 9.59 Å². The SMILES string of the molecule is CC.COC(C)(C)C.O=CCC(NC(=O)C1CCN(C(=O)c2ccon2)CC1)C(O)COc1c(F)c(F)cc(F)c1F. The van der Waals surface area contributed by atoms with Gasteiger partial charge in [0.25, 0.3) is 5.91 Å². The molecule has 1 fully saturated rings. The Morgan fingerprint density at radius 2 is 1.71 bits per heavy atom. The van der Waals surface area contributed by atoms with Crippen molar-refractivity contribution in [3.05, 3.63) is 47.4 Å². The Hall–Kier alpha value is -3.52. The van der Waals surface area contributed by atoms with E-state index in [9.17, 15) is 37.1 Å². The van der Waals surface area contributed by atoms with Crippen molar-refractivity contribution in [1.29, 1.82) is 0 Å². The van der Waals surface area contributed by atoms with Gasteiger partial charge in [-0.1, -0.05) is 19.0 Å². The van der Waals surface area contributed by atoms with Gasteiger partial charge in [-0.2, -0.15) is 8.78 Å². The summed E-state index contributed by atoms with van der Waals surface area (Å²) in [6.45, 7) is 9.72. The molecule has 2 unspecified atom stereocenters. The van der Waals surface area contributed by atoms with Crippen molar-refractivity contribution in [2.24, 2.45) is 5.92 Å². The normalized spacial score (nSPS) is 14.9. The van der Waals surface area contributed by atoms with Gasteiger partial charge in [0, 0.05) is 44.7 Å². The van der Waals surface area contributed by atoms with Gasteiger partial charge in [0.1, 0.15) is 25.3 Å². The minimum Gasteiger partial charge on any atom is -0.485 e. The molecule has 14 heteroatoms. The lowest BCUT2D eigenvalue weighted by Gasteiger charge is -2.32. The van der Waals surface area contributed by atoms with E-state index >= 15 is 0 Å². The van der Waals surface area contributed by atoms with E-state index in [1.807, 2.05) is 34.6 Å². The summed E-state index contributed by atoms with van der Waals surface area (Å²) >= 11 is 0. The van der Waals surface area contributed by atoms with Crippen LogP contribution in [0.3, 0.4) is 0 Å². The van der Waals surface area contributed by atoms with Crippen LogP contribution >= 0.6 is 0 Å². The molecule has 0 spiro atoms. The largest absolute Gasteiger partial charge is 0.485 e. The monoisotopic (exact) mass is 605 g/mol. The first-order valence-electron chi connectivity index (χ1n) is 13.4. The highest BCUT2D eigenvalue weighted by atomic mass is 19.2. The molecule has 2 amide bonds. The van der Waals surface area contributed by atoms with E-state index in [1.165, 1.54) is 17.2 Å². The van der Waals surface area contributed by atoms with Crippen LogP contribution in [-0.4, -0.2) is 77.8 Å². The maximum absolute atomic E-state index is 13.7. The molecular weight excluding hydrogens is 566 g/mol. The molecule has 1 aromatic carbocycles. The number of aromatic nitrogens is 1. The van der Waals surface area contributed by atoms with Crippen molar-refractivity contribution in [2.75, 3.05) is 26.8 Å². The number of carbonyl (C=O) groups is 3. The summed E-state index contributed by atoms with van der Waals surface area (Å²) in [7, 11) is 1.71. The zero-order chi connectivity index (χ0) is 32.0. The van der Waals surface area contributed by atoms with Gasteiger partial charge in [0.05, 0.1) is 11.6 Å². The van der Waals surface area contributed by atoms with Crippen LogP contribution in [0.15, 0.2) is 22.9 Å². The van der Waals surface area contributed by atoms with Crippen LogP contribution in [0.5, 0.6) is 5.75 Å². The molecule has 1 saturated heterocycles. The molecule has 2 N–H and O–H groups in total. The summed E-state index contributed by atoms with van der Waals surface area (Å²) in [5.74, 6) is -9.68. The minimum atomic E-state index is -1.78. The van der Waals surface area contributed by atoms with Gasteiger partial charge in [0.15, 0.2) is 23.1 Å². The predicted octanol–water partition coefficient (Wildman–Crippen LogP) is 4.05. The van der Waals surface area contributed by atoms with E-state index in [1.54, 1.807) is 7.11 Å². The van der Waals surface area contributed by atoms with E-state index in [0.29, 0.717) is 19.1 Å². The number of hydrogen-bond acceptors (Lipinski definition) is 8. The fourth-order valence-corrected chi connectivity index (χ4v) is 3.51. The van der Waals surface area contributed by atoms with Gasteiger partial charge in [-0.05, 0) is 33.6 Å². The Morgan fingerprint density at radius 3 is 2.17 bits per heavy atom. The maximum Gasteiger partial charge on any atom is 0.276 e. The number of halogens is 4. The zero-order valence-electron chi connectivity index (χ0n) is 24.6. The van der Waals surface area contributed by atoms with Crippen LogP contribution in [0.25, 0.3) is 0 Å².